The van der Waals surface area contributed by atoms with Gasteiger partial charge in [0.25, 0.3) is 11.7 Å². The van der Waals surface area contributed by atoms with Gasteiger partial charge in [0.15, 0.2) is 0 Å². The summed E-state index contributed by atoms with van der Waals surface area (Å²) >= 11 is 0.159. The lowest BCUT2D eigenvalue weighted by Gasteiger charge is -2.14. The maximum Gasteiger partial charge on any atom is 0.290 e. The van der Waals surface area contributed by atoms with E-state index in [1.807, 2.05) is 0 Å². The molecule has 1 unspecified atom stereocenters. The number of hydrogen-bond donors (Lipinski definition) is 2. The molecule has 23 heavy (non-hydrogen) atoms. The topological polar surface area (TPSA) is 62.2 Å². The molecule has 1 atom stereocenters. The van der Waals surface area contributed by atoms with Crippen LogP contribution in [-0.4, -0.2) is 28.3 Å². The number of rotatable bonds is 6. The smallest absolute Gasteiger partial charge is 0.290 e. The highest BCUT2D eigenvalue weighted by Crippen LogP contribution is 2.26. The van der Waals surface area contributed by atoms with Crippen LogP contribution in [0.4, 0.5) is 13.2 Å². The molecule has 0 fully saturated rings. The van der Waals surface area contributed by atoms with E-state index >= 15 is 0 Å². The van der Waals surface area contributed by atoms with E-state index in [0.29, 0.717) is 0 Å². The average Bonchev–Trinajstić information content (AvgIpc) is 2.52. The van der Waals surface area contributed by atoms with Crippen LogP contribution in [0.25, 0.3) is 0 Å². The molecule has 1 heterocycles. The van der Waals surface area contributed by atoms with Crippen LogP contribution < -0.4 is 5.32 Å². The minimum atomic E-state index is -2.71. The summed E-state index contributed by atoms with van der Waals surface area (Å²) in [4.78, 5) is 15.8. The van der Waals surface area contributed by atoms with Crippen molar-refractivity contribution in [2.75, 3.05) is 6.54 Å². The molecule has 2 rings (SSSR count). The van der Waals surface area contributed by atoms with E-state index in [9.17, 15) is 23.1 Å². The van der Waals surface area contributed by atoms with Gasteiger partial charge < -0.3 is 10.4 Å². The largest absolute Gasteiger partial charge is 0.386 e. The Hall–Kier alpha value is -2.06. The third kappa shape index (κ3) is 4.70. The molecule has 122 valence electrons. The molecule has 0 aliphatic carbocycles. The molecule has 0 aliphatic rings. The van der Waals surface area contributed by atoms with Crippen molar-refractivity contribution >= 4 is 17.7 Å². The fourth-order valence-electron chi connectivity index (χ4n) is 1.88. The van der Waals surface area contributed by atoms with Crippen molar-refractivity contribution in [3.05, 3.63) is 59.5 Å². The van der Waals surface area contributed by atoms with E-state index in [1.54, 1.807) is 6.07 Å². The zero-order chi connectivity index (χ0) is 16.8. The highest BCUT2D eigenvalue weighted by atomic mass is 32.2. The van der Waals surface area contributed by atoms with Gasteiger partial charge in [-0.3, -0.25) is 4.79 Å². The first kappa shape index (κ1) is 17.3. The van der Waals surface area contributed by atoms with Gasteiger partial charge in [0.05, 0.1) is 11.7 Å². The highest BCUT2D eigenvalue weighted by molar-refractivity contribution is 7.99. The van der Waals surface area contributed by atoms with E-state index in [1.165, 1.54) is 36.5 Å². The van der Waals surface area contributed by atoms with Gasteiger partial charge >= 0.3 is 0 Å². The number of aromatic nitrogens is 1. The molecular formula is C15H13F3N2O2S. The number of carbonyl (C=O) groups excluding carboxylic acids is 1. The van der Waals surface area contributed by atoms with Crippen molar-refractivity contribution in [2.24, 2.45) is 0 Å². The Morgan fingerprint density at radius 1 is 1.26 bits per heavy atom. The first-order chi connectivity index (χ1) is 11.0. The molecule has 0 radical (unpaired) electrons. The van der Waals surface area contributed by atoms with Gasteiger partial charge in [0.1, 0.15) is 10.8 Å². The summed E-state index contributed by atoms with van der Waals surface area (Å²) in [7, 11) is 0. The van der Waals surface area contributed by atoms with Crippen molar-refractivity contribution in [3.8, 4) is 0 Å². The summed E-state index contributed by atoms with van der Waals surface area (Å²) in [5.74, 6) is -3.97. The summed E-state index contributed by atoms with van der Waals surface area (Å²) in [6.07, 6.45) is 0.0541. The molecule has 4 nitrogen and oxygen atoms in total. The summed E-state index contributed by atoms with van der Waals surface area (Å²) in [5.41, 5.74) is 0.0136. The monoisotopic (exact) mass is 342 g/mol. The normalized spacial score (nSPS) is 12.2. The van der Waals surface area contributed by atoms with Crippen LogP contribution in [0, 0.1) is 5.82 Å². The summed E-state index contributed by atoms with van der Waals surface area (Å²) < 4.78 is 38.4. The quantitative estimate of drug-likeness (QED) is 0.792. The van der Waals surface area contributed by atoms with Crippen LogP contribution in [0.3, 0.4) is 0 Å². The summed E-state index contributed by atoms with van der Waals surface area (Å²) in [6, 6.07) is 8.42. The number of amides is 1. The lowest BCUT2D eigenvalue weighted by Crippen LogP contribution is -2.29. The van der Waals surface area contributed by atoms with Crippen LogP contribution >= 0.6 is 11.8 Å². The molecule has 0 bridgehead atoms. The zero-order valence-corrected chi connectivity index (χ0v) is 12.6. The number of thioether (sulfide) groups is 1. The number of aliphatic hydroxyl groups is 1. The third-order valence-electron chi connectivity index (χ3n) is 2.94. The van der Waals surface area contributed by atoms with Crippen LogP contribution in [0.5, 0.6) is 0 Å². The maximum absolute atomic E-state index is 13.5. The van der Waals surface area contributed by atoms with Gasteiger partial charge in [0.2, 0.25) is 0 Å². The number of pyridine rings is 1. The minimum absolute atomic E-state index is 0.0291. The number of benzene rings is 1. The van der Waals surface area contributed by atoms with Gasteiger partial charge in [0, 0.05) is 18.3 Å². The van der Waals surface area contributed by atoms with Gasteiger partial charge in [-0.05, 0) is 30.0 Å². The molecule has 8 heteroatoms. The predicted molar refractivity (Wildman–Crippen MR) is 79.8 cm³/mol. The van der Waals surface area contributed by atoms with Gasteiger partial charge in [-0.2, -0.15) is 8.78 Å². The summed E-state index contributed by atoms with van der Waals surface area (Å²) in [5, 5.41) is 12.2. The zero-order valence-electron chi connectivity index (χ0n) is 11.7. The van der Waals surface area contributed by atoms with Gasteiger partial charge in [-0.15, -0.1) is 0 Å². The molecule has 0 aliphatic heterocycles. The van der Waals surface area contributed by atoms with Crippen molar-refractivity contribution in [1.82, 2.24) is 10.3 Å². The number of nitrogens with one attached hydrogen (secondary N) is 1. The Bertz CT molecular complexity index is 685. The van der Waals surface area contributed by atoms with Crippen LogP contribution in [0.1, 0.15) is 22.0 Å². The van der Waals surface area contributed by atoms with E-state index in [0.717, 1.165) is 0 Å². The molecule has 2 N–H and O–H groups in total. The predicted octanol–water partition coefficient (Wildman–Crippen LogP) is 3.00. The molecule has 1 amide bonds. The lowest BCUT2D eigenvalue weighted by molar-refractivity contribution is 0.0910. The molecular weight excluding hydrogens is 329 g/mol. The van der Waals surface area contributed by atoms with Crippen LogP contribution in [-0.2, 0) is 0 Å². The van der Waals surface area contributed by atoms with Crippen LogP contribution in [0.2, 0.25) is 0 Å². The Morgan fingerprint density at radius 3 is 2.70 bits per heavy atom. The first-order valence-electron chi connectivity index (χ1n) is 6.59. The molecule has 2 aromatic rings. The van der Waals surface area contributed by atoms with Crippen molar-refractivity contribution in [3.63, 3.8) is 0 Å². The lowest BCUT2D eigenvalue weighted by atomic mass is 10.1. The summed E-state index contributed by atoms with van der Waals surface area (Å²) in [6.45, 7) is -0.257. The number of carbonyl (C=O) groups is 1. The molecule has 0 saturated carbocycles. The molecule has 1 aromatic heterocycles. The Balaban J connectivity index is 2.04. The maximum atomic E-state index is 13.5. The third-order valence-corrected chi connectivity index (χ3v) is 3.66. The standard InChI is InChI=1S/C15H13F3N2O2S/c16-11-6-2-1-4-9(11)12(21)8-20-13(22)10-5-3-7-19-14(10)23-15(17)18/h1-7,12,15,21H,8H2,(H,20,22). The Labute approximate surface area is 134 Å². The van der Waals surface area contributed by atoms with Crippen molar-refractivity contribution in [1.29, 1.82) is 0 Å². The molecule has 0 saturated heterocycles. The Kier molecular flexibility index (Phi) is 6.00. The second-order valence-corrected chi connectivity index (χ2v) is 5.46. The minimum Gasteiger partial charge on any atom is -0.386 e. The Morgan fingerprint density at radius 2 is 2.00 bits per heavy atom. The average molecular weight is 342 g/mol. The number of alkyl halides is 2. The SMILES string of the molecule is O=C(NCC(O)c1ccccc1F)c1cccnc1SC(F)F. The van der Waals surface area contributed by atoms with E-state index in [-0.39, 0.29) is 34.5 Å². The molecule has 0 spiro atoms. The van der Waals surface area contributed by atoms with Crippen molar-refractivity contribution in [2.45, 2.75) is 16.9 Å². The highest BCUT2D eigenvalue weighted by Gasteiger charge is 2.18. The van der Waals surface area contributed by atoms with E-state index in [2.05, 4.69) is 10.3 Å². The number of halogens is 3. The van der Waals surface area contributed by atoms with E-state index in [4.69, 9.17) is 0 Å². The second kappa shape index (κ2) is 7.98. The number of hydrogen-bond acceptors (Lipinski definition) is 4. The van der Waals surface area contributed by atoms with Gasteiger partial charge in [-0.1, -0.05) is 18.2 Å². The van der Waals surface area contributed by atoms with Crippen molar-refractivity contribution < 1.29 is 23.1 Å². The molecule has 1 aromatic carbocycles. The van der Waals surface area contributed by atoms with Gasteiger partial charge in [-0.25, -0.2) is 9.37 Å². The fraction of sp³-hybridized carbons (Fsp3) is 0.200. The van der Waals surface area contributed by atoms with E-state index < -0.39 is 23.6 Å². The number of nitrogens with zero attached hydrogens (tertiary/aromatic N) is 1. The van der Waals surface area contributed by atoms with Crippen LogP contribution in [0.15, 0.2) is 47.6 Å². The second-order valence-electron chi connectivity index (χ2n) is 4.48. The number of aliphatic hydroxyl groups excluding tert-OH is 1. The fourth-order valence-corrected chi connectivity index (χ4v) is 2.46. The first-order valence-corrected chi connectivity index (χ1v) is 7.47.